The van der Waals surface area contributed by atoms with Crippen molar-refractivity contribution < 1.29 is 13.2 Å². The second-order valence-corrected chi connectivity index (χ2v) is 8.22. The van der Waals surface area contributed by atoms with Gasteiger partial charge >= 0.3 is 0 Å². The van der Waals surface area contributed by atoms with Gasteiger partial charge in [-0.15, -0.1) is 0 Å². The highest BCUT2D eigenvalue weighted by Gasteiger charge is 2.23. The molecular weight excluding hydrogens is 326 g/mol. The van der Waals surface area contributed by atoms with Gasteiger partial charge < -0.3 is 4.74 Å². The molecule has 0 bridgehead atoms. The molecule has 6 nitrogen and oxygen atoms in total. The molecule has 7 heteroatoms. The van der Waals surface area contributed by atoms with E-state index in [-0.39, 0.29) is 16.9 Å². The first-order valence-electron chi connectivity index (χ1n) is 7.67. The second-order valence-electron chi connectivity index (χ2n) is 6.46. The smallest absolute Gasteiger partial charge is 0.240 e. The Bertz CT molecular complexity index is 784. The largest absolute Gasteiger partial charge is 0.496 e. The summed E-state index contributed by atoms with van der Waals surface area (Å²) in [5.74, 6) is 0.681. The van der Waals surface area contributed by atoms with Crippen molar-refractivity contribution in [3.8, 4) is 5.75 Å². The maximum Gasteiger partial charge on any atom is 0.240 e. The zero-order chi connectivity index (χ0) is 17.8. The summed E-state index contributed by atoms with van der Waals surface area (Å²) in [5, 5.41) is 0. The van der Waals surface area contributed by atoms with Gasteiger partial charge in [-0.1, -0.05) is 20.8 Å². The third-order valence-electron chi connectivity index (χ3n) is 3.58. The molecule has 0 saturated carbocycles. The van der Waals surface area contributed by atoms with E-state index in [4.69, 9.17) is 4.74 Å². The summed E-state index contributed by atoms with van der Waals surface area (Å²) in [7, 11) is -2.01. The lowest BCUT2D eigenvalue weighted by atomic mass is 9.86. The Kier molecular flexibility index (Phi) is 5.56. The Hall–Kier alpha value is -1.99. The molecule has 0 unspecified atom stereocenters. The molecule has 1 aromatic heterocycles. The van der Waals surface area contributed by atoms with Crippen molar-refractivity contribution in [2.45, 2.75) is 37.5 Å². The number of benzene rings is 1. The summed E-state index contributed by atoms with van der Waals surface area (Å²) >= 11 is 0. The van der Waals surface area contributed by atoms with Crippen LogP contribution in [0.3, 0.4) is 0 Å². The van der Waals surface area contributed by atoms with Crippen LogP contribution in [-0.2, 0) is 21.9 Å². The summed E-state index contributed by atoms with van der Waals surface area (Å²) < 4.78 is 33.0. The average Bonchev–Trinajstić information content (AvgIpc) is 2.54. The molecule has 0 aliphatic heterocycles. The number of hydrogen-bond donors (Lipinski definition) is 1. The van der Waals surface area contributed by atoms with Crippen LogP contribution in [0.25, 0.3) is 0 Å². The lowest BCUT2D eigenvalue weighted by Crippen LogP contribution is -2.26. The van der Waals surface area contributed by atoms with Crippen LogP contribution in [0, 0.1) is 0 Å². The minimum Gasteiger partial charge on any atom is -0.496 e. The van der Waals surface area contributed by atoms with E-state index in [1.807, 2.05) is 20.8 Å². The van der Waals surface area contributed by atoms with Gasteiger partial charge in [-0.2, -0.15) is 0 Å². The van der Waals surface area contributed by atoms with Gasteiger partial charge in [-0.05, 0) is 23.6 Å². The first kappa shape index (κ1) is 18.4. The minimum atomic E-state index is -3.59. The Labute approximate surface area is 143 Å². The molecular formula is C17H23N3O3S. The fraction of sp³-hybridized carbons (Fsp3) is 0.412. The highest BCUT2D eigenvalue weighted by Crippen LogP contribution is 2.33. The van der Waals surface area contributed by atoms with Crippen LogP contribution in [0.2, 0.25) is 0 Å². The summed E-state index contributed by atoms with van der Waals surface area (Å²) in [5.41, 5.74) is 1.36. The topological polar surface area (TPSA) is 81.2 Å². The van der Waals surface area contributed by atoms with Crippen LogP contribution in [0.5, 0.6) is 5.75 Å². The molecule has 24 heavy (non-hydrogen) atoms. The van der Waals surface area contributed by atoms with Crippen molar-refractivity contribution in [2.75, 3.05) is 13.7 Å². The van der Waals surface area contributed by atoms with Gasteiger partial charge in [0.1, 0.15) is 5.75 Å². The monoisotopic (exact) mass is 349 g/mol. The average molecular weight is 349 g/mol. The maximum absolute atomic E-state index is 12.5. The maximum atomic E-state index is 12.5. The molecule has 0 saturated heterocycles. The molecule has 2 rings (SSSR count). The summed E-state index contributed by atoms with van der Waals surface area (Å²) in [6.07, 6.45) is 5.27. The molecule has 1 aromatic carbocycles. The normalized spacial score (nSPS) is 12.2. The Morgan fingerprint density at radius 3 is 2.54 bits per heavy atom. The number of ether oxygens (including phenoxy) is 1. The summed E-state index contributed by atoms with van der Waals surface area (Å²) in [6.45, 7) is 6.31. The Morgan fingerprint density at radius 1 is 1.21 bits per heavy atom. The zero-order valence-corrected chi connectivity index (χ0v) is 15.2. The summed E-state index contributed by atoms with van der Waals surface area (Å²) in [4.78, 5) is 8.32. The minimum absolute atomic E-state index is 0.226. The lowest BCUT2D eigenvalue weighted by molar-refractivity contribution is 0.397. The highest BCUT2D eigenvalue weighted by molar-refractivity contribution is 7.89. The van der Waals surface area contributed by atoms with E-state index < -0.39 is 10.0 Å². The fourth-order valence-electron chi connectivity index (χ4n) is 2.30. The molecule has 0 atom stereocenters. The van der Waals surface area contributed by atoms with E-state index in [0.717, 1.165) is 11.3 Å². The van der Waals surface area contributed by atoms with Gasteiger partial charge in [-0.25, -0.2) is 13.1 Å². The first-order valence-corrected chi connectivity index (χ1v) is 9.15. The molecule has 0 aliphatic carbocycles. The van der Waals surface area contributed by atoms with Crippen molar-refractivity contribution >= 4 is 10.0 Å². The number of hydrogen-bond acceptors (Lipinski definition) is 5. The van der Waals surface area contributed by atoms with Crippen LogP contribution < -0.4 is 9.46 Å². The standard InChI is InChI=1S/C17H23N3O3S/c1-17(2,3)15-11-14(5-6-16(15)23-4)24(21,22)20-8-7-13-12-18-9-10-19-13/h5-6,9-12,20H,7-8H2,1-4H3. The van der Waals surface area contributed by atoms with E-state index in [1.165, 1.54) is 0 Å². The Morgan fingerprint density at radius 2 is 1.96 bits per heavy atom. The van der Waals surface area contributed by atoms with Crippen LogP contribution in [-0.4, -0.2) is 32.0 Å². The number of methoxy groups -OCH3 is 1. The Balaban J connectivity index is 2.17. The van der Waals surface area contributed by atoms with E-state index in [0.29, 0.717) is 12.2 Å². The fourth-order valence-corrected chi connectivity index (χ4v) is 3.35. The van der Waals surface area contributed by atoms with Gasteiger partial charge in [0.2, 0.25) is 10.0 Å². The third-order valence-corrected chi connectivity index (χ3v) is 5.04. The predicted molar refractivity (Wildman–Crippen MR) is 92.6 cm³/mol. The van der Waals surface area contributed by atoms with Gasteiger partial charge in [0.15, 0.2) is 0 Å². The third kappa shape index (κ3) is 4.52. The molecule has 0 amide bonds. The highest BCUT2D eigenvalue weighted by atomic mass is 32.2. The molecule has 1 heterocycles. The SMILES string of the molecule is COc1ccc(S(=O)(=O)NCCc2cnccn2)cc1C(C)(C)C. The van der Waals surface area contributed by atoms with Crippen molar-refractivity contribution in [3.63, 3.8) is 0 Å². The van der Waals surface area contributed by atoms with Gasteiger partial charge in [0.05, 0.1) is 17.7 Å². The van der Waals surface area contributed by atoms with Crippen LogP contribution in [0.1, 0.15) is 32.0 Å². The van der Waals surface area contributed by atoms with Crippen molar-refractivity contribution in [1.82, 2.24) is 14.7 Å². The van der Waals surface area contributed by atoms with Crippen LogP contribution >= 0.6 is 0 Å². The number of sulfonamides is 1. The molecule has 1 N–H and O–H groups in total. The van der Waals surface area contributed by atoms with Crippen LogP contribution in [0.4, 0.5) is 0 Å². The second kappa shape index (κ2) is 7.27. The van der Waals surface area contributed by atoms with Gasteiger partial charge in [0, 0.05) is 37.1 Å². The number of aromatic nitrogens is 2. The molecule has 0 aliphatic rings. The van der Waals surface area contributed by atoms with E-state index >= 15 is 0 Å². The first-order chi connectivity index (χ1) is 11.2. The van der Waals surface area contributed by atoms with Gasteiger partial charge in [-0.3, -0.25) is 9.97 Å². The molecule has 0 radical (unpaired) electrons. The summed E-state index contributed by atoms with van der Waals surface area (Å²) in [6, 6.07) is 4.92. The molecule has 2 aromatic rings. The van der Waals surface area contributed by atoms with Gasteiger partial charge in [0.25, 0.3) is 0 Å². The number of nitrogens with zero attached hydrogens (tertiary/aromatic N) is 2. The lowest BCUT2D eigenvalue weighted by Gasteiger charge is -2.22. The predicted octanol–water partition coefficient (Wildman–Crippen LogP) is 2.30. The molecule has 0 fully saturated rings. The zero-order valence-electron chi connectivity index (χ0n) is 14.4. The van der Waals surface area contributed by atoms with E-state index in [9.17, 15) is 8.42 Å². The number of nitrogens with one attached hydrogen (secondary N) is 1. The molecule has 130 valence electrons. The van der Waals surface area contributed by atoms with Crippen molar-refractivity contribution in [3.05, 3.63) is 48.0 Å². The van der Waals surface area contributed by atoms with E-state index in [2.05, 4.69) is 14.7 Å². The van der Waals surface area contributed by atoms with E-state index in [1.54, 1.807) is 43.9 Å². The van der Waals surface area contributed by atoms with Crippen molar-refractivity contribution in [1.29, 1.82) is 0 Å². The molecule has 0 spiro atoms. The van der Waals surface area contributed by atoms with Crippen LogP contribution in [0.15, 0.2) is 41.7 Å². The van der Waals surface area contributed by atoms with Crippen molar-refractivity contribution in [2.24, 2.45) is 0 Å². The number of rotatable bonds is 6. The quantitative estimate of drug-likeness (QED) is 0.865.